The lowest BCUT2D eigenvalue weighted by Crippen LogP contribution is -2.35. The maximum atomic E-state index is 13.2. The Balaban J connectivity index is 1.70. The number of hydrogen-bond donors (Lipinski definition) is 1. The minimum Gasteiger partial charge on any atom is -0.394 e. The molecule has 2 aliphatic rings. The average molecular weight is 491 g/mol. The Morgan fingerprint density at radius 1 is 1.31 bits per heavy atom. The van der Waals surface area contributed by atoms with Crippen LogP contribution in [0, 0.1) is 0 Å². The molecule has 1 fully saturated rings. The fourth-order valence-electron chi connectivity index (χ4n) is 4.55. The molecule has 4 rings (SSSR count). The summed E-state index contributed by atoms with van der Waals surface area (Å²) in [5.74, 6) is 0.719. The van der Waals surface area contributed by atoms with E-state index >= 15 is 0 Å². The summed E-state index contributed by atoms with van der Waals surface area (Å²) in [4.78, 5) is 19.5. The van der Waals surface area contributed by atoms with Crippen molar-refractivity contribution in [3.63, 3.8) is 0 Å². The number of aliphatic imine (C=N–C) groups is 1. The molecule has 0 spiro atoms. The molecule has 8 nitrogen and oxygen atoms in total. The fourth-order valence-corrected chi connectivity index (χ4v) is 4.55. The summed E-state index contributed by atoms with van der Waals surface area (Å²) in [6.45, 7) is 3.92. The maximum Gasteiger partial charge on any atom is 0.431 e. The molecule has 1 atom stereocenters. The van der Waals surface area contributed by atoms with Gasteiger partial charge in [0.25, 0.3) is 0 Å². The van der Waals surface area contributed by atoms with Gasteiger partial charge in [-0.1, -0.05) is 12.1 Å². The Kier molecular flexibility index (Phi) is 6.88. The number of carbonyl (C=O) groups excluding carboxylic acids is 1. The number of halogens is 3. The van der Waals surface area contributed by atoms with Gasteiger partial charge in [-0.25, -0.2) is 0 Å². The number of nitrogens with two attached hydrogens (primary N) is 1. The number of aromatic nitrogens is 2. The Morgan fingerprint density at radius 2 is 2.03 bits per heavy atom. The van der Waals surface area contributed by atoms with Crippen LogP contribution in [-0.4, -0.2) is 66.8 Å². The molecule has 0 bridgehead atoms. The molecule has 2 aliphatic heterocycles. The summed E-state index contributed by atoms with van der Waals surface area (Å²) >= 11 is 0. The number of rotatable bonds is 5. The third-order valence-electron chi connectivity index (χ3n) is 6.50. The van der Waals surface area contributed by atoms with Gasteiger partial charge in [0.05, 0.1) is 19.2 Å². The van der Waals surface area contributed by atoms with Gasteiger partial charge in [-0.2, -0.15) is 18.3 Å². The molecule has 2 aromatic rings. The van der Waals surface area contributed by atoms with Crippen molar-refractivity contribution in [1.82, 2.24) is 14.7 Å². The molecular weight excluding hydrogens is 461 g/mol. The van der Waals surface area contributed by atoms with Crippen LogP contribution in [0.4, 0.5) is 24.7 Å². The van der Waals surface area contributed by atoms with Crippen molar-refractivity contribution in [2.45, 2.75) is 38.5 Å². The van der Waals surface area contributed by atoms with Gasteiger partial charge < -0.3 is 20.3 Å². The summed E-state index contributed by atoms with van der Waals surface area (Å²) in [7, 11) is 3.25. The zero-order valence-electron chi connectivity index (χ0n) is 20.0. The van der Waals surface area contributed by atoms with Crippen LogP contribution in [0.1, 0.15) is 36.2 Å². The van der Waals surface area contributed by atoms with Gasteiger partial charge in [0.2, 0.25) is 5.91 Å². The smallest absolute Gasteiger partial charge is 0.394 e. The SMILES string of the molecule is CN=CC(=C(N)C(F)(F)F)c1ccc(N(C)c2nn(C3CCOC3)c3c2CN(C(C)=O)CC3)cc1. The molecule has 35 heavy (non-hydrogen) atoms. The van der Waals surface area contributed by atoms with E-state index in [1.807, 2.05) is 16.6 Å². The molecule has 1 aromatic carbocycles. The van der Waals surface area contributed by atoms with Crippen LogP contribution in [0.3, 0.4) is 0 Å². The second kappa shape index (κ2) is 9.73. The monoisotopic (exact) mass is 490 g/mol. The highest BCUT2D eigenvalue weighted by Crippen LogP contribution is 2.36. The van der Waals surface area contributed by atoms with Crippen LogP contribution in [-0.2, 0) is 22.5 Å². The molecule has 11 heteroatoms. The van der Waals surface area contributed by atoms with Crippen LogP contribution in [0.2, 0.25) is 0 Å². The predicted molar refractivity (Wildman–Crippen MR) is 128 cm³/mol. The molecule has 1 aromatic heterocycles. The minimum atomic E-state index is -4.66. The second-order valence-corrected chi connectivity index (χ2v) is 8.72. The van der Waals surface area contributed by atoms with Gasteiger partial charge in [-0.3, -0.25) is 14.5 Å². The third kappa shape index (κ3) is 4.90. The lowest BCUT2D eigenvalue weighted by Gasteiger charge is -2.28. The van der Waals surface area contributed by atoms with Crippen molar-refractivity contribution in [3.8, 4) is 0 Å². The zero-order valence-corrected chi connectivity index (χ0v) is 20.0. The summed E-state index contributed by atoms with van der Waals surface area (Å²) in [5, 5.41) is 4.92. The van der Waals surface area contributed by atoms with Gasteiger partial charge in [0, 0.05) is 69.3 Å². The number of anilines is 2. The van der Waals surface area contributed by atoms with Crippen molar-refractivity contribution in [3.05, 3.63) is 46.8 Å². The molecule has 1 amide bonds. The fraction of sp³-hybridized carbons (Fsp3) is 0.458. The molecule has 188 valence electrons. The van der Waals surface area contributed by atoms with Gasteiger partial charge in [-0.15, -0.1) is 0 Å². The van der Waals surface area contributed by atoms with Crippen molar-refractivity contribution in [2.24, 2.45) is 10.7 Å². The second-order valence-electron chi connectivity index (χ2n) is 8.72. The van der Waals surface area contributed by atoms with Crippen molar-refractivity contribution >= 4 is 29.2 Å². The first kappa shape index (κ1) is 24.8. The van der Waals surface area contributed by atoms with E-state index in [2.05, 4.69) is 4.99 Å². The summed E-state index contributed by atoms with van der Waals surface area (Å²) in [5.41, 5.74) is 7.11. The molecule has 0 aliphatic carbocycles. The number of allylic oxidation sites excluding steroid dienone is 2. The molecule has 1 unspecified atom stereocenters. The zero-order chi connectivity index (χ0) is 25.3. The number of amides is 1. The topological polar surface area (TPSA) is 89.0 Å². The normalized spacial score (nSPS) is 19.1. The highest BCUT2D eigenvalue weighted by Gasteiger charge is 2.34. The van der Waals surface area contributed by atoms with E-state index in [4.69, 9.17) is 15.6 Å². The Hall–Kier alpha value is -3.34. The highest BCUT2D eigenvalue weighted by molar-refractivity contribution is 6.11. The first-order valence-electron chi connectivity index (χ1n) is 11.4. The van der Waals surface area contributed by atoms with E-state index in [-0.39, 0.29) is 17.5 Å². The van der Waals surface area contributed by atoms with Crippen LogP contribution >= 0.6 is 0 Å². The van der Waals surface area contributed by atoms with Crippen LogP contribution < -0.4 is 10.6 Å². The van der Waals surface area contributed by atoms with Crippen LogP contribution in [0.15, 0.2) is 35.0 Å². The van der Waals surface area contributed by atoms with Crippen molar-refractivity contribution in [2.75, 3.05) is 38.8 Å². The Morgan fingerprint density at radius 3 is 2.60 bits per heavy atom. The molecule has 0 radical (unpaired) electrons. The van der Waals surface area contributed by atoms with E-state index in [9.17, 15) is 18.0 Å². The lowest BCUT2D eigenvalue weighted by atomic mass is 10.0. The van der Waals surface area contributed by atoms with E-state index in [0.29, 0.717) is 44.1 Å². The maximum absolute atomic E-state index is 13.2. The molecular formula is C24H29F3N6O2. The van der Waals surface area contributed by atoms with Crippen LogP contribution in [0.25, 0.3) is 5.57 Å². The van der Waals surface area contributed by atoms with E-state index in [0.717, 1.165) is 29.6 Å². The number of carbonyl (C=O) groups is 1. The standard InChI is InChI=1S/C24H29F3N6O2/c1-15(34)32-10-8-21-20(13-32)23(30-33(21)18-9-11-35-14-18)31(3)17-6-4-16(5-7-17)19(12-29-2)22(28)24(25,26)27/h4-7,12,18H,8-11,13-14,28H2,1-3H3. The number of benzene rings is 1. The minimum absolute atomic E-state index is 0.00436. The number of hydrogen-bond acceptors (Lipinski definition) is 6. The molecule has 3 heterocycles. The summed E-state index contributed by atoms with van der Waals surface area (Å²) < 4.78 is 47.2. The van der Waals surface area contributed by atoms with E-state index in [1.54, 1.807) is 36.1 Å². The number of alkyl halides is 3. The highest BCUT2D eigenvalue weighted by atomic mass is 19.4. The van der Waals surface area contributed by atoms with Crippen LogP contribution in [0.5, 0.6) is 0 Å². The van der Waals surface area contributed by atoms with Crippen molar-refractivity contribution < 1.29 is 22.7 Å². The molecule has 0 saturated carbocycles. The average Bonchev–Trinajstić information content (AvgIpc) is 3.49. The van der Waals surface area contributed by atoms with Gasteiger partial charge in [0.15, 0.2) is 5.82 Å². The number of nitrogens with zero attached hydrogens (tertiary/aromatic N) is 5. The Labute approximate surface area is 201 Å². The van der Waals surface area contributed by atoms with Gasteiger partial charge in [0.1, 0.15) is 5.70 Å². The largest absolute Gasteiger partial charge is 0.431 e. The summed E-state index contributed by atoms with van der Waals surface area (Å²) in [6.07, 6.45) is -1.98. The molecule has 2 N–H and O–H groups in total. The third-order valence-corrected chi connectivity index (χ3v) is 6.50. The van der Waals surface area contributed by atoms with Gasteiger partial charge in [-0.05, 0) is 24.1 Å². The number of ether oxygens (including phenoxy) is 1. The van der Waals surface area contributed by atoms with E-state index < -0.39 is 11.9 Å². The molecule has 1 saturated heterocycles. The quantitative estimate of drug-likeness (QED) is 0.649. The first-order valence-corrected chi connectivity index (χ1v) is 11.4. The van der Waals surface area contributed by atoms with Crippen molar-refractivity contribution in [1.29, 1.82) is 0 Å². The Bertz CT molecular complexity index is 1150. The predicted octanol–water partition coefficient (Wildman–Crippen LogP) is 3.45. The first-order chi connectivity index (χ1) is 16.6. The summed E-state index contributed by atoms with van der Waals surface area (Å²) in [6, 6.07) is 6.74. The lowest BCUT2D eigenvalue weighted by molar-refractivity contribution is -0.129. The van der Waals surface area contributed by atoms with Gasteiger partial charge >= 0.3 is 6.18 Å². The van der Waals surface area contributed by atoms with E-state index in [1.165, 1.54) is 7.05 Å². The number of fused-ring (bicyclic) bond motifs is 1.